The molecule has 0 amide bonds. The molecule has 1 aliphatic rings. The molecule has 0 saturated carbocycles. The number of hydrogen-bond acceptors (Lipinski definition) is 6. The zero-order valence-corrected chi connectivity index (χ0v) is 11.9. The maximum atomic E-state index is 11.9. The molecule has 7 nitrogen and oxygen atoms in total. The molecule has 21 heavy (non-hydrogen) atoms. The summed E-state index contributed by atoms with van der Waals surface area (Å²) in [5.41, 5.74) is 0.763. The van der Waals surface area contributed by atoms with Crippen molar-refractivity contribution in [2.45, 2.75) is 19.1 Å². The Morgan fingerprint density at radius 3 is 2.38 bits per heavy atom. The van der Waals surface area contributed by atoms with Crippen LogP contribution in [0.5, 0.6) is 5.75 Å². The van der Waals surface area contributed by atoms with Crippen LogP contribution < -0.4 is 4.74 Å². The number of carbonyl (C=O) groups is 1. The number of rotatable bonds is 4. The normalized spacial score (nSPS) is 20.9. The smallest absolute Gasteiger partial charge is 0.364 e. The van der Waals surface area contributed by atoms with Crippen LogP contribution in [0, 0.1) is 10.1 Å². The van der Waals surface area contributed by atoms with E-state index >= 15 is 0 Å². The topological polar surface area (TPSA) is 87.9 Å². The Morgan fingerprint density at radius 1 is 1.29 bits per heavy atom. The highest BCUT2D eigenvalue weighted by Gasteiger charge is 2.47. The Morgan fingerprint density at radius 2 is 1.90 bits per heavy atom. The van der Waals surface area contributed by atoms with E-state index in [9.17, 15) is 14.9 Å². The molecule has 1 aliphatic heterocycles. The minimum absolute atomic E-state index is 0.171. The van der Waals surface area contributed by atoms with Gasteiger partial charge in [-0.15, -0.1) is 0 Å². The first-order valence-electron chi connectivity index (χ1n) is 6.22. The van der Waals surface area contributed by atoms with Gasteiger partial charge in [-0.1, -0.05) is 12.1 Å². The molecule has 2 rings (SSSR count). The van der Waals surface area contributed by atoms with Crippen LogP contribution in [0.25, 0.3) is 0 Å². The summed E-state index contributed by atoms with van der Waals surface area (Å²) in [5.74, 6) is -0.601. The van der Waals surface area contributed by atoms with Gasteiger partial charge < -0.3 is 14.2 Å². The van der Waals surface area contributed by atoms with E-state index in [-0.39, 0.29) is 11.3 Å². The molecule has 1 heterocycles. The molecule has 0 saturated heterocycles. The lowest BCUT2D eigenvalue weighted by molar-refractivity contribution is -0.570. The Bertz CT molecular complexity index is 592. The van der Waals surface area contributed by atoms with Crippen LogP contribution in [0.15, 0.2) is 35.6 Å². The zero-order valence-electron chi connectivity index (χ0n) is 11.9. The number of carbonyl (C=O) groups excluding carboxylic acids is 1. The minimum atomic E-state index is -1.34. The van der Waals surface area contributed by atoms with E-state index in [4.69, 9.17) is 14.2 Å². The largest absolute Gasteiger partial charge is 0.497 e. The summed E-state index contributed by atoms with van der Waals surface area (Å²) in [5, 5.41) is 11.2. The van der Waals surface area contributed by atoms with E-state index < -0.39 is 23.0 Å². The van der Waals surface area contributed by atoms with Crippen molar-refractivity contribution < 1.29 is 23.9 Å². The summed E-state index contributed by atoms with van der Waals surface area (Å²) in [6.45, 7) is 1.52. The van der Waals surface area contributed by atoms with Gasteiger partial charge in [-0.25, -0.2) is 4.79 Å². The number of hydrogen-bond donors (Lipinski definition) is 0. The molecule has 112 valence electrons. The van der Waals surface area contributed by atoms with Crippen molar-refractivity contribution in [1.29, 1.82) is 0 Å². The monoisotopic (exact) mass is 293 g/mol. The maximum Gasteiger partial charge on any atom is 0.364 e. The fourth-order valence-corrected chi connectivity index (χ4v) is 2.36. The molecular weight excluding hydrogens is 278 g/mol. The Labute approximate surface area is 121 Å². The molecule has 0 fully saturated rings. The van der Waals surface area contributed by atoms with Crippen LogP contribution in [0.2, 0.25) is 0 Å². The Hall–Kier alpha value is -2.57. The summed E-state index contributed by atoms with van der Waals surface area (Å²) >= 11 is 0. The fraction of sp³-hybridized carbons (Fsp3) is 0.357. The van der Waals surface area contributed by atoms with Gasteiger partial charge in [0.25, 0.3) is 0 Å². The summed E-state index contributed by atoms with van der Waals surface area (Å²) in [6, 6.07) is 6.69. The van der Waals surface area contributed by atoms with Crippen LogP contribution in [0.3, 0.4) is 0 Å². The van der Waals surface area contributed by atoms with Crippen molar-refractivity contribution in [2.24, 2.45) is 0 Å². The van der Waals surface area contributed by atoms with Gasteiger partial charge in [0.05, 0.1) is 24.7 Å². The second-order valence-electron chi connectivity index (χ2n) is 4.51. The number of esters is 1. The lowest BCUT2D eigenvalue weighted by Gasteiger charge is -2.15. The van der Waals surface area contributed by atoms with Crippen LogP contribution >= 0.6 is 0 Å². The van der Waals surface area contributed by atoms with Gasteiger partial charge in [0, 0.05) is 0 Å². The zero-order chi connectivity index (χ0) is 15.6. The van der Waals surface area contributed by atoms with Gasteiger partial charge in [-0.3, -0.25) is 10.1 Å². The molecule has 1 aromatic rings. The lowest BCUT2D eigenvalue weighted by Crippen LogP contribution is -2.27. The summed E-state index contributed by atoms with van der Waals surface area (Å²) in [7, 11) is 2.75. The number of nitrogens with zero attached hydrogens (tertiary/aromatic N) is 1. The molecule has 0 unspecified atom stereocenters. The highest BCUT2D eigenvalue weighted by molar-refractivity contribution is 5.91. The lowest BCUT2D eigenvalue weighted by atomic mass is 9.90. The van der Waals surface area contributed by atoms with E-state index in [1.54, 1.807) is 24.3 Å². The third-order valence-electron chi connectivity index (χ3n) is 3.36. The van der Waals surface area contributed by atoms with E-state index in [2.05, 4.69) is 0 Å². The van der Waals surface area contributed by atoms with Crippen molar-refractivity contribution >= 4 is 5.97 Å². The molecular formula is C14H15NO6. The molecule has 2 atom stereocenters. The Balaban J connectivity index is 2.46. The number of allylic oxidation sites excluding steroid dienone is 1. The highest BCUT2D eigenvalue weighted by Crippen LogP contribution is 2.40. The van der Waals surface area contributed by atoms with E-state index in [0.29, 0.717) is 11.3 Å². The molecule has 0 aliphatic carbocycles. The van der Waals surface area contributed by atoms with Crippen LogP contribution in [0.4, 0.5) is 0 Å². The molecule has 7 heteroatoms. The molecule has 0 bridgehead atoms. The van der Waals surface area contributed by atoms with Crippen LogP contribution in [-0.2, 0) is 14.3 Å². The van der Waals surface area contributed by atoms with Crippen molar-refractivity contribution in [1.82, 2.24) is 0 Å². The standard InChI is InChI=1S/C14H15NO6/c1-8-11(14(16)20-3)12(13(21-8)15(17)18)9-4-6-10(19-2)7-5-9/h4-7,12-13H,1-3H3/t12-,13-/m1/s1. The predicted octanol–water partition coefficient (Wildman–Crippen LogP) is 1.86. The van der Waals surface area contributed by atoms with Gasteiger partial charge >= 0.3 is 12.2 Å². The molecule has 0 radical (unpaired) electrons. The van der Waals surface area contributed by atoms with E-state index in [1.807, 2.05) is 0 Å². The van der Waals surface area contributed by atoms with Gasteiger partial charge in [0.15, 0.2) is 0 Å². The fourth-order valence-electron chi connectivity index (χ4n) is 2.36. The number of nitro groups is 1. The van der Waals surface area contributed by atoms with E-state index in [0.717, 1.165) is 0 Å². The number of methoxy groups -OCH3 is 2. The second-order valence-corrected chi connectivity index (χ2v) is 4.51. The van der Waals surface area contributed by atoms with Crippen LogP contribution in [0.1, 0.15) is 18.4 Å². The van der Waals surface area contributed by atoms with Gasteiger partial charge in [-0.2, -0.15) is 0 Å². The van der Waals surface area contributed by atoms with Gasteiger partial charge in [0.1, 0.15) is 17.4 Å². The maximum absolute atomic E-state index is 11.9. The molecule has 0 aromatic heterocycles. The van der Waals surface area contributed by atoms with Gasteiger partial charge in [0.2, 0.25) is 0 Å². The summed E-state index contributed by atoms with van der Waals surface area (Å²) in [6.07, 6.45) is -1.34. The molecule has 0 spiro atoms. The van der Waals surface area contributed by atoms with Crippen molar-refractivity contribution in [3.05, 3.63) is 51.3 Å². The van der Waals surface area contributed by atoms with Crippen molar-refractivity contribution in [2.75, 3.05) is 14.2 Å². The Kier molecular flexibility index (Phi) is 4.11. The first-order chi connectivity index (χ1) is 9.99. The van der Waals surface area contributed by atoms with Crippen molar-refractivity contribution in [3.8, 4) is 5.75 Å². The summed E-state index contributed by atoms with van der Waals surface area (Å²) < 4.78 is 15.0. The van der Waals surface area contributed by atoms with E-state index in [1.165, 1.54) is 21.1 Å². The quantitative estimate of drug-likeness (QED) is 0.478. The number of ether oxygens (including phenoxy) is 3. The van der Waals surface area contributed by atoms with Crippen molar-refractivity contribution in [3.63, 3.8) is 0 Å². The third-order valence-corrected chi connectivity index (χ3v) is 3.36. The molecule has 0 N–H and O–H groups in total. The number of benzene rings is 1. The average Bonchev–Trinajstić information content (AvgIpc) is 2.84. The average molecular weight is 293 g/mol. The third kappa shape index (κ3) is 2.67. The van der Waals surface area contributed by atoms with Crippen LogP contribution in [-0.4, -0.2) is 31.3 Å². The SMILES string of the molecule is COC(=O)C1=C(C)O[C@@H]([N+](=O)[O-])[C@@H]1c1ccc(OC)cc1. The second kappa shape index (κ2) is 5.82. The predicted molar refractivity (Wildman–Crippen MR) is 72.3 cm³/mol. The minimum Gasteiger partial charge on any atom is -0.497 e. The first-order valence-corrected chi connectivity index (χ1v) is 6.22. The first kappa shape index (κ1) is 14.8. The molecule has 1 aromatic carbocycles. The summed E-state index contributed by atoms with van der Waals surface area (Å²) in [4.78, 5) is 22.5. The highest BCUT2D eigenvalue weighted by atomic mass is 16.7. The van der Waals surface area contributed by atoms with Gasteiger partial charge in [-0.05, 0) is 24.6 Å².